The van der Waals surface area contributed by atoms with Gasteiger partial charge in [0, 0.05) is 18.6 Å². The van der Waals surface area contributed by atoms with Gasteiger partial charge in [0.15, 0.2) is 0 Å². The molecule has 1 saturated carbocycles. The Bertz CT molecular complexity index is 540. The van der Waals surface area contributed by atoms with E-state index in [4.69, 9.17) is 9.47 Å². The minimum Gasteiger partial charge on any atom is -0.494 e. The number of carbonyl (C=O) groups is 1. The summed E-state index contributed by atoms with van der Waals surface area (Å²) >= 11 is 0. The van der Waals surface area contributed by atoms with Crippen LogP contribution in [0, 0.1) is 11.8 Å². The number of ether oxygens (including phenoxy) is 2. The molecule has 1 aliphatic carbocycles. The van der Waals surface area contributed by atoms with E-state index >= 15 is 0 Å². The summed E-state index contributed by atoms with van der Waals surface area (Å²) in [5.74, 6) is 2.22. The maximum Gasteiger partial charge on any atom is 0.249 e. The summed E-state index contributed by atoms with van der Waals surface area (Å²) < 4.78 is 11.1. The topological polar surface area (TPSA) is 47.6 Å². The SMILES string of the molecule is CCOc1ccc([C@@H]2C[C@H]2NC(=O)[C@@H]2OCC[C@@H]2C(C)C)cc1. The summed E-state index contributed by atoms with van der Waals surface area (Å²) in [6.07, 6.45) is 1.73. The van der Waals surface area contributed by atoms with Gasteiger partial charge in [-0.3, -0.25) is 4.79 Å². The third-order valence-electron chi connectivity index (χ3n) is 4.99. The van der Waals surface area contributed by atoms with Gasteiger partial charge < -0.3 is 14.8 Å². The normalized spacial score (nSPS) is 29.6. The predicted octanol–water partition coefficient (Wildman–Crippen LogP) is 3.12. The van der Waals surface area contributed by atoms with Crippen molar-refractivity contribution in [3.05, 3.63) is 29.8 Å². The van der Waals surface area contributed by atoms with Crippen LogP contribution in [0.2, 0.25) is 0 Å². The van der Waals surface area contributed by atoms with Crippen LogP contribution < -0.4 is 10.1 Å². The Morgan fingerprint density at radius 2 is 2.09 bits per heavy atom. The molecular weight excluding hydrogens is 290 g/mol. The highest BCUT2D eigenvalue weighted by atomic mass is 16.5. The molecule has 23 heavy (non-hydrogen) atoms. The minimum atomic E-state index is -0.267. The second-order valence-electron chi connectivity index (χ2n) is 6.95. The lowest BCUT2D eigenvalue weighted by Gasteiger charge is -2.21. The van der Waals surface area contributed by atoms with Crippen molar-refractivity contribution < 1.29 is 14.3 Å². The van der Waals surface area contributed by atoms with E-state index in [2.05, 4.69) is 31.3 Å². The van der Waals surface area contributed by atoms with E-state index in [1.807, 2.05) is 19.1 Å². The molecule has 0 bridgehead atoms. The first-order valence-corrected chi connectivity index (χ1v) is 8.75. The first-order chi connectivity index (χ1) is 11.1. The van der Waals surface area contributed by atoms with E-state index in [1.165, 1.54) is 5.56 Å². The molecule has 126 valence electrons. The molecule has 4 nitrogen and oxygen atoms in total. The molecule has 1 aromatic rings. The summed E-state index contributed by atoms with van der Waals surface area (Å²) in [5.41, 5.74) is 1.27. The van der Waals surface area contributed by atoms with Crippen molar-refractivity contribution >= 4 is 5.91 Å². The molecule has 2 fully saturated rings. The molecule has 0 aromatic heterocycles. The monoisotopic (exact) mass is 317 g/mol. The maximum atomic E-state index is 12.5. The van der Waals surface area contributed by atoms with Gasteiger partial charge in [-0.25, -0.2) is 0 Å². The van der Waals surface area contributed by atoms with E-state index in [9.17, 15) is 4.79 Å². The molecular formula is C19H27NO3. The number of hydrogen-bond acceptors (Lipinski definition) is 3. The first kappa shape index (κ1) is 16.3. The third kappa shape index (κ3) is 3.69. The van der Waals surface area contributed by atoms with Crippen LogP contribution in [0.4, 0.5) is 0 Å². The van der Waals surface area contributed by atoms with E-state index in [0.29, 0.717) is 31.0 Å². The van der Waals surface area contributed by atoms with E-state index in [1.54, 1.807) is 0 Å². The fraction of sp³-hybridized carbons (Fsp3) is 0.632. The van der Waals surface area contributed by atoms with Crippen molar-refractivity contribution in [1.82, 2.24) is 5.32 Å². The van der Waals surface area contributed by atoms with Crippen LogP contribution in [0.1, 0.15) is 45.1 Å². The van der Waals surface area contributed by atoms with Crippen molar-refractivity contribution in [2.24, 2.45) is 11.8 Å². The van der Waals surface area contributed by atoms with Gasteiger partial charge in [0.1, 0.15) is 11.9 Å². The first-order valence-electron chi connectivity index (χ1n) is 8.75. The average Bonchev–Trinajstić information content (AvgIpc) is 3.11. The number of benzene rings is 1. The highest BCUT2D eigenvalue weighted by Crippen LogP contribution is 2.41. The van der Waals surface area contributed by atoms with Crippen molar-refractivity contribution in [1.29, 1.82) is 0 Å². The second kappa shape index (κ2) is 6.91. The molecule has 0 radical (unpaired) electrons. The minimum absolute atomic E-state index is 0.0691. The van der Waals surface area contributed by atoms with Crippen LogP contribution in [0.25, 0.3) is 0 Å². The fourth-order valence-electron chi connectivity index (χ4n) is 3.52. The van der Waals surface area contributed by atoms with Crippen molar-refractivity contribution in [3.8, 4) is 5.75 Å². The molecule has 0 unspecified atom stereocenters. The molecule has 4 atom stereocenters. The highest BCUT2D eigenvalue weighted by Gasteiger charge is 2.43. The van der Waals surface area contributed by atoms with Crippen LogP contribution in [0.3, 0.4) is 0 Å². The van der Waals surface area contributed by atoms with Crippen molar-refractivity contribution in [2.75, 3.05) is 13.2 Å². The Morgan fingerprint density at radius 3 is 2.74 bits per heavy atom. The molecule has 1 aromatic carbocycles. The van der Waals surface area contributed by atoms with Crippen LogP contribution in [0.5, 0.6) is 5.75 Å². The van der Waals surface area contributed by atoms with E-state index in [-0.39, 0.29) is 18.1 Å². The van der Waals surface area contributed by atoms with Gasteiger partial charge in [-0.15, -0.1) is 0 Å². The largest absolute Gasteiger partial charge is 0.494 e. The number of amides is 1. The van der Waals surface area contributed by atoms with Gasteiger partial charge in [-0.05, 0) is 49.3 Å². The van der Waals surface area contributed by atoms with Crippen molar-refractivity contribution in [3.63, 3.8) is 0 Å². The van der Waals surface area contributed by atoms with Gasteiger partial charge in [-0.2, -0.15) is 0 Å². The lowest BCUT2D eigenvalue weighted by molar-refractivity contribution is -0.132. The van der Waals surface area contributed by atoms with E-state index < -0.39 is 0 Å². The standard InChI is InChI=1S/C19H27NO3/c1-4-22-14-7-5-13(6-8-14)16-11-17(16)20-19(21)18-15(12(2)3)9-10-23-18/h5-8,12,15-18H,4,9-11H2,1-3H3,(H,20,21)/t15-,16+,17-,18-/m1/s1. The Kier molecular flexibility index (Phi) is 4.90. The van der Waals surface area contributed by atoms with Gasteiger partial charge >= 0.3 is 0 Å². The Balaban J connectivity index is 1.53. The summed E-state index contributed by atoms with van der Waals surface area (Å²) in [6.45, 7) is 7.70. The molecule has 1 heterocycles. The van der Waals surface area contributed by atoms with Crippen LogP contribution >= 0.6 is 0 Å². The zero-order valence-electron chi connectivity index (χ0n) is 14.2. The molecule has 2 aliphatic rings. The van der Waals surface area contributed by atoms with Crippen LogP contribution in [-0.4, -0.2) is 31.3 Å². The second-order valence-corrected chi connectivity index (χ2v) is 6.95. The third-order valence-corrected chi connectivity index (χ3v) is 4.99. The summed E-state index contributed by atoms with van der Waals surface area (Å²) in [5, 5.41) is 3.17. The molecule has 4 heteroatoms. The van der Waals surface area contributed by atoms with Gasteiger partial charge in [-0.1, -0.05) is 26.0 Å². The number of carbonyl (C=O) groups excluding carboxylic acids is 1. The quantitative estimate of drug-likeness (QED) is 0.877. The van der Waals surface area contributed by atoms with Crippen molar-refractivity contribution in [2.45, 2.75) is 51.7 Å². The summed E-state index contributed by atoms with van der Waals surface area (Å²) in [4.78, 5) is 12.5. The molecule has 1 N–H and O–H groups in total. The van der Waals surface area contributed by atoms with E-state index in [0.717, 1.165) is 18.6 Å². The maximum absolute atomic E-state index is 12.5. The molecule has 1 aliphatic heterocycles. The molecule has 0 spiro atoms. The highest BCUT2D eigenvalue weighted by molar-refractivity contribution is 5.82. The number of nitrogens with one attached hydrogen (secondary N) is 1. The lowest BCUT2D eigenvalue weighted by atomic mass is 9.89. The predicted molar refractivity (Wildman–Crippen MR) is 89.6 cm³/mol. The Hall–Kier alpha value is -1.55. The van der Waals surface area contributed by atoms with Gasteiger partial charge in [0.05, 0.1) is 6.61 Å². The lowest BCUT2D eigenvalue weighted by Crippen LogP contribution is -2.40. The summed E-state index contributed by atoms with van der Waals surface area (Å²) in [7, 11) is 0. The zero-order valence-corrected chi connectivity index (χ0v) is 14.2. The Labute approximate surface area is 138 Å². The summed E-state index contributed by atoms with van der Waals surface area (Å²) in [6, 6.07) is 8.46. The molecule has 1 amide bonds. The fourth-order valence-corrected chi connectivity index (χ4v) is 3.52. The van der Waals surface area contributed by atoms with Gasteiger partial charge in [0.25, 0.3) is 0 Å². The van der Waals surface area contributed by atoms with Crippen LogP contribution in [0.15, 0.2) is 24.3 Å². The number of hydrogen-bond donors (Lipinski definition) is 1. The molecule has 1 saturated heterocycles. The number of rotatable bonds is 6. The zero-order chi connectivity index (χ0) is 16.4. The molecule has 3 rings (SSSR count). The van der Waals surface area contributed by atoms with Gasteiger partial charge in [0.2, 0.25) is 5.91 Å². The van der Waals surface area contributed by atoms with Crippen LogP contribution in [-0.2, 0) is 9.53 Å². The Morgan fingerprint density at radius 1 is 1.35 bits per heavy atom. The smallest absolute Gasteiger partial charge is 0.249 e. The average molecular weight is 317 g/mol.